The SMILES string of the molecule is CC(C)N(Cc1nc2ccccc2c(=O)[nH]1)C(=O)/C=C/c1ccc(Cl)c([N+](=O)[O-])c1. The molecule has 2 aromatic carbocycles. The van der Waals surface area contributed by atoms with Crippen molar-refractivity contribution >= 4 is 40.2 Å². The van der Waals surface area contributed by atoms with Gasteiger partial charge in [0.25, 0.3) is 11.2 Å². The third kappa shape index (κ3) is 4.72. The normalized spacial score (nSPS) is 11.3. The number of para-hydroxylation sites is 1. The van der Waals surface area contributed by atoms with Gasteiger partial charge >= 0.3 is 0 Å². The minimum absolute atomic E-state index is 0.0265. The summed E-state index contributed by atoms with van der Waals surface area (Å²) < 4.78 is 0. The van der Waals surface area contributed by atoms with Gasteiger partial charge in [-0.1, -0.05) is 29.8 Å². The molecule has 1 heterocycles. The zero-order valence-corrected chi connectivity index (χ0v) is 17.1. The van der Waals surface area contributed by atoms with E-state index in [4.69, 9.17) is 11.6 Å². The number of hydrogen-bond donors (Lipinski definition) is 1. The van der Waals surface area contributed by atoms with Gasteiger partial charge in [0, 0.05) is 18.2 Å². The fourth-order valence-corrected chi connectivity index (χ4v) is 3.11. The van der Waals surface area contributed by atoms with Gasteiger partial charge in [0.1, 0.15) is 10.8 Å². The van der Waals surface area contributed by atoms with E-state index in [1.807, 2.05) is 13.8 Å². The molecule has 0 saturated heterocycles. The van der Waals surface area contributed by atoms with Crippen molar-refractivity contribution in [2.75, 3.05) is 0 Å². The molecule has 0 spiro atoms. The summed E-state index contributed by atoms with van der Waals surface area (Å²) in [5.74, 6) is 0.0506. The molecule has 154 valence electrons. The Hall–Kier alpha value is -3.52. The molecule has 3 aromatic rings. The maximum atomic E-state index is 12.8. The highest BCUT2D eigenvalue weighted by molar-refractivity contribution is 6.32. The molecular weight excluding hydrogens is 408 g/mol. The lowest BCUT2D eigenvalue weighted by Crippen LogP contribution is -2.36. The molecule has 1 amide bonds. The molecule has 30 heavy (non-hydrogen) atoms. The van der Waals surface area contributed by atoms with E-state index in [1.165, 1.54) is 29.2 Å². The number of carbonyl (C=O) groups is 1. The second kappa shape index (κ2) is 8.87. The molecule has 0 atom stereocenters. The van der Waals surface area contributed by atoms with Gasteiger partial charge in [-0.25, -0.2) is 4.98 Å². The molecule has 1 aromatic heterocycles. The van der Waals surface area contributed by atoms with E-state index >= 15 is 0 Å². The molecule has 3 rings (SSSR count). The number of carbonyl (C=O) groups excluding carboxylic acids is 1. The standard InChI is InChI=1S/C21H19ClN4O4/c1-13(2)25(12-19-23-17-6-4-3-5-15(17)21(28)24-19)20(27)10-8-14-7-9-16(22)18(11-14)26(29)30/h3-11,13H,12H2,1-2H3,(H,23,24,28)/b10-8+. The summed E-state index contributed by atoms with van der Waals surface area (Å²) in [6, 6.07) is 11.1. The summed E-state index contributed by atoms with van der Waals surface area (Å²) in [4.78, 5) is 44.2. The van der Waals surface area contributed by atoms with Crippen LogP contribution in [-0.4, -0.2) is 31.7 Å². The van der Waals surface area contributed by atoms with Crippen molar-refractivity contribution in [1.29, 1.82) is 0 Å². The Morgan fingerprint density at radius 1 is 1.30 bits per heavy atom. The Labute approximate surface area is 177 Å². The smallest absolute Gasteiger partial charge is 0.288 e. The number of nitrogens with one attached hydrogen (secondary N) is 1. The average molecular weight is 427 g/mol. The number of benzene rings is 2. The maximum absolute atomic E-state index is 12.8. The van der Waals surface area contributed by atoms with Crippen molar-refractivity contribution < 1.29 is 9.72 Å². The highest BCUT2D eigenvalue weighted by Gasteiger charge is 2.17. The van der Waals surface area contributed by atoms with Crippen LogP contribution in [0.3, 0.4) is 0 Å². The van der Waals surface area contributed by atoms with Gasteiger partial charge in [-0.2, -0.15) is 0 Å². The number of H-pyrrole nitrogens is 1. The molecule has 9 heteroatoms. The molecule has 0 fully saturated rings. The number of amides is 1. The Balaban J connectivity index is 1.84. The number of aromatic nitrogens is 2. The summed E-state index contributed by atoms with van der Waals surface area (Å²) in [5.41, 5.74) is 0.525. The van der Waals surface area contributed by atoms with Crippen LogP contribution in [0.1, 0.15) is 25.2 Å². The van der Waals surface area contributed by atoms with Crippen molar-refractivity contribution in [2.45, 2.75) is 26.4 Å². The molecule has 0 bridgehead atoms. The molecule has 8 nitrogen and oxygen atoms in total. The second-order valence-corrected chi connectivity index (χ2v) is 7.30. The first-order chi connectivity index (χ1) is 14.3. The van der Waals surface area contributed by atoms with Gasteiger partial charge in [0.05, 0.1) is 22.4 Å². The first kappa shape index (κ1) is 21.2. The van der Waals surface area contributed by atoms with Gasteiger partial charge in [-0.3, -0.25) is 19.7 Å². The zero-order chi connectivity index (χ0) is 21.8. The summed E-state index contributed by atoms with van der Waals surface area (Å²) in [5, 5.41) is 11.5. The Morgan fingerprint density at radius 3 is 2.73 bits per heavy atom. The van der Waals surface area contributed by atoms with E-state index in [0.29, 0.717) is 22.3 Å². The zero-order valence-electron chi connectivity index (χ0n) is 16.3. The molecule has 1 N–H and O–H groups in total. The van der Waals surface area contributed by atoms with Gasteiger partial charge in [-0.15, -0.1) is 0 Å². The number of nitro benzene ring substituents is 1. The van der Waals surface area contributed by atoms with Gasteiger partial charge < -0.3 is 9.88 Å². The first-order valence-electron chi connectivity index (χ1n) is 9.17. The predicted molar refractivity (Wildman–Crippen MR) is 115 cm³/mol. The Morgan fingerprint density at radius 2 is 2.03 bits per heavy atom. The highest BCUT2D eigenvalue weighted by atomic mass is 35.5. The molecular formula is C21H19ClN4O4. The van der Waals surface area contributed by atoms with E-state index in [2.05, 4.69) is 9.97 Å². The summed E-state index contributed by atoms with van der Waals surface area (Å²) in [6.07, 6.45) is 2.81. The van der Waals surface area contributed by atoms with E-state index in [-0.39, 0.29) is 34.8 Å². The average Bonchev–Trinajstić information content (AvgIpc) is 2.70. The van der Waals surface area contributed by atoms with E-state index in [0.717, 1.165) is 0 Å². The Bertz CT molecular complexity index is 1200. The van der Waals surface area contributed by atoms with E-state index in [1.54, 1.807) is 30.3 Å². The van der Waals surface area contributed by atoms with Crippen LogP contribution in [0, 0.1) is 10.1 Å². The predicted octanol–water partition coefficient (Wildman–Crippen LogP) is 3.94. The third-order valence-electron chi connectivity index (χ3n) is 4.47. The number of hydrogen-bond acceptors (Lipinski definition) is 5. The summed E-state index contributed by atoms with van der Waals surface area (Å²) in [6.45, 7) is 3.80. The van der Waals surface area contributed by atoms with Gasteiger partial charge in [0.2, 0.25) is 5.91 Å². The minimum Gasteiger partial charge on any atom is -0.329 e. The topological polar surface area (TPSA) is 109 Å². The number of fused-ring (bicyclic) bond motifs is 1. The van der Waals surface area contributed by atoms with E-state index < -0.39 is 4.92 Å². The quantitative estimate of drug-likeness (QED) is 0.365. The van der Waals surface area contributed by atoms with Crippen molar-refractivity contribution in [2.24, 2.45) is 0 Å². The highest BCUT2D eigenvalue weighted by Crippen LogP contribution is 2.25. The third-order valence-corrected chi connectivity index (χ3v) is 4.79. The van der Waals surface area contributed by atoms with Crippen LogP contribution < -0.4 is 5.56 Å². The van der Waals surface area contributed by atoms with Crippen molar-refractivity contribution in [3.63, 3.8) is 0 Å². The maximum Gasteiger partial charge on any atom is 0.288 e. The second-order valence-electron chi connectivity index (χ2n) is 6.89. The van der Waals surface area contributed by atoms with Crippen LogP contribution in [-0.2, 0) is 11.3 Å². The number of rotatable bonds is 6. The van der Waals surface area contributed by atoms with Crippen molar-refractivity contribution in [3.8, 4) is 0 Å². The van der Waals surface area contributed by atoms with E-state index in [9.17, 15) is 19.7 Å². The van der Waals surface area contributed by atoms with Crippen LogP contribution in [0.2, 0.25) is 5.02 Å². The molecule has 0 unspecified atom stereocenters. The first-order valence-corrected chi connectivity index (χ1v) is 9.54. The fraction of sp³-hybridized carbons (Fsp3) is 0.190. The number of nitrogens with zero attached hydrogens (tertiary/aromatic N) is 3. The van der Waals surface area contributed by atoms with Crippen LogP contribution >= 0.6 is 11.6 Å². The summed E-state index contributed by atoms with van der Waals surface area (Å²) >= 11 is 5.81. The number of halogens is 1. The molecule has 0 aliphatic carbocycles. The monoisotopic (exact) mass is 426 g/mol. The molecule has 0 aliphatic heterocycles. The van der Waals surface area contributed by atoms with Crippen molar-refractivity contribution in [3.05, 3.63) is 85.4 Å². The lowest BCUT2D eigenvalue weighted by molar-refractivity contribution is -0.384. The molecule has 0 radical (unpaired) electrons. The Kier molecular flexibility index (Phi) is 6.27. The van der Waals surface area contributed by atoms with Crippen LogP contribution in [0.25, 0.3) is 17.0 Å². The largest absolute Gasteiger partial charge is 0.329 e. The van der Waals surface area contributed by atoms with Crippen molar-refractivity contribution in [1.82, 2.24) is 14.9 Å². The fourth-order valence-electron chi connectivity index (χ4n) is 2.92. The van der Waals surface area contributed by atoms with Crippen LogP contribution in [0.5, 0.6) is 0 Å². The minimum atomic E-state index is -0.580. The number of nitro groups is 1. The number of aromatic amines is 1. The van der Waals surface area contributed by atoms with Crippen LogP contribution in [0.15, 0.2) is 53.3 Å². The van der Waals surface area contributed by atoms with Gasteiger partial charge in [-0.05, 0) is 43.7 Å². The molecule has 0 saturated carbocycles. The van der Waals surface area contributed by atoms with Crippen LogP contribution in [0.4, 0.5) is 5.69 Å². The lowest BCUT2D eigenvalue weighted by atomic mass is 10.2. The molecule has 0 aliphatic rings. The lowest BCUT2D eigenvalue weighted by Gasteiger charge is -2.25. The van der Waals surface area contributed by atoms with Gasteiger partial charge in [0.15, 0.2) is 0 Å². The summed E-state index contributed by atoms with van der Waals surface area (Å²) in [7, 11) is 0.